The van der Waals surface area contributed by atoms with Gasteiger partial charge in [-0.15, -0.1) is 0 Å². The van der Waals surface area contributed by atoms with Crippen LogP contribution in [0.4, 0.5) is 0 Å². The molecule has 4 heteroatoms. The van der Waals surface area contributed by atoms with E-state index in [2.05, 4.69) is 47.8 Å². The number of unbranched alkanes of at least 4 members (excludes halogenated alkanes) is 3. The number of fused-ring (bicyclic) bond motifs is 2. The minimum absolute atomic E-state index is 0.250. The van der Waals surface area contributed by atoms with Gasteiger partial charge < -0.3 is 4.74 Å². The van der Waals surface area contributed by atoms with Crippen molar-refractivity contribution in [3.8, 4) is 5.75 Å². The summed E-state index contributed by atoms with van der Waals surface area (Å²) in [6, 6.07) is 25.8. The van der Waals surface area contributed by atoms with E-state index in [9.17, 15) is 4.79 Å². The van der Waals surface area contributed by atoms with Crippen LogP contribution in [0.25, 0.3) is 21.5 Å². The second kappa shape index (κ2) is 10.6. The Morgan fingerprint density at radius 2 is 1.53 bits per heavy atom. The first-order valence-electron chi connectivity index (χ1n) is 11.2. The van der Waals surface area contributed by atoms with Crippen LogP contribution in [0.5, 0.6) is 5.75 Å². The van der Waals surface area contributed by atoms with Crippen LogP contribution in [0.3, 0.4) is 0 Å². The molecule has 4 aromatic carbocycles. The number of hydrogen-bond acceptors (Lipinski definition) is 3. The molecule has 0 bridgehead atoms. The van der Waals surface area contributed by atoms with Crippen molar-refractivity contribution in [3.63, 3.8) is 0 Å². The number of rotatable bonds is 9. The second-order valence-electron chi connectivity index (χ2n) is 7.87. The van der Waals surface area contributed by atoms with Gasteiger partial charge in [0.25, 0.3) is 5.91 Å². The summed E-state index contributed by atoms with van der Waals surface area (Å²) in [5, 5.41) is 8.75. The molecule has 0 atom stereocenters. The van der Waals surface area contributed by atoms with Gasteiger partial charge in [-0.3, -0.25) is 4.79 Å². The molecule has 0 aliphatic rings. The number of benzene rings is 4. The van der Waals surface area contributed by atoms with Crippen LogP contribution in [0, 0.1) is 0 Å². The van der Waals surface area contributed by atoms with E-state index in [0.717, 1.165) is 39.3 Å². The Morgan fingerprint density at radius 1 is 0.875 bits per heavy atom. The molecule has 0 aliphatic carbocycles. The monoisotopic (exact) mass is 424 g/mol. The van der Waals surface area contributed by atoms with Crippen LogP contribution in [0.15, 0.2) is 84.0 Å². The normalized spacial score (nSPS) is 11.3. The third kappa shape index (κ3) is 5.14. The highest BCUT2D eigenvalue weighted by atomic mass is 16.5. The predicted octanol–water partition coefficient (Wildman–Crippen LogP) is 6.72. The van der Waals surface area contributed by atoms with Gasteiger partial charge in [-0.2, -0.15) is 5.10 Å². The molecular formula is C28H28N2O2. The van der Waals surface area contributed by atoms with Crippen LogP contribution in [0.2, 0.25) is 0 Å². The molecule has 0 saturated carbocycles. The summed E-state index contributed by atoms with van der Waals surface area (Å²) >= 11 is 0. The number of hydrazone groups is 1. The van der Waals surface area contributed by atoms with Crippen LogP contribution in [-0.2, 0) is 0 Å². The van der Waals surface area contributed by atoms with E-state index < -0.39 is 0 Å². The summed E-state index contributed by atoms with van der Waals surface area (Å²) < 4.78 is 5.75. The summed E-state index contributed by atoms with van der Waals surface area (Å²) in [5.74, 6) is 0.532. The number of nitrogens with zero attached hydrogens (tertiary/aromatic N) is 1. The Labute approximate surface area is 188 Å². The highest BCUT2D eigenvalue weighted by molar-refractivity contribution is 6.13. The van der Waals surface area contributed by atoms with Crippen LogP contribution < -0.4 is 10.2 Å². The van der Waals surface area contributed by atoms with Gasteiger partial charge in [0, 0.05) is 11.1 Å². The molecule has 0 radical (unpaired) electrons. The second-order valence-corrected chi connectivity index (χ2v) is 7.87. The maximum absolute atomic E-state index is 12.5. The lowest BCUT2D eigenvalue weighted by atomic mass is 9.97. The van der Waals surface area contributed by atoms with Crippen molar-refractivity contribution in [1.29, 1.82) is 0 Å². The Bertz CT molecular complexity index is 1180. The lowest BCUT2D eigenvalue weighted by Gasteiger charge is -2.08. The zero-order valence-corrected chi connectivity index (χ0v) is 18.4. The average Bonchev–Trinajstić information content (AvgIpc) is 2.83. The number of carbonyl (C=O) groups excluding carboxylic acids is 1. The molecule has 4 aromatic rings. The summed E-state index contributed by atoms with van der Waals surface area (Å²) in [7, 11) is 0. The van der Waals surface area contributed by atoms with Crippen LogP contribution >= 0.6 is 0 Å². The van der Waals surface area contributed by atoms with E-state index in [4.69, 9.17) is 4.74 Å². The zero-order valence-electron chi connectivity index (χ0n) is 18.4. The molecular weight excluding hydrogens is 396 g/mol. The zero-order chi connectivity index (χ0) is 22.2. The molecule has 0 unspecified atom stereocenters. The van der Waals surface area contributed by atoms with E-state index in [1.165, 1.54) is 19.3 Å². The minimum Gasteiger partial charge on any atom is -0.494 e. The SMILES string of the molecule is CCCCCCOc1ccc(C(=O)NN=Cc2c3ccccc3cc3ccccc23)cc1. The lowest BCUT2D eigenvalue weighted by molar-refractivity contribution is 0.0955. The number of carbonyl (C=O) groups is 1. The van der Waals surface area contributed by atoms with Gasteiger partial charge in [0.15, 0.2) is 0 Å². The number of nitrogens with one attached hydrogen (secondary N) is 1. The van der Waals surface area contributed by atoms with E-state index in [1.807, 2.05) is 36.4 Å². The first-order valence-corrected chi connectivity index (χ1v) is 11.2. The maximum atomic E-state index is 12.5. The van der Waals surface area contributed by atoms with Crippen molar-refractivity contribution in [2.24, 2.45) is 5.10 Å². The fraction of sp³-hybridized carbons (Fsp3) is 0.214. The summed E-state index contributed by atoms with van der Waals surface area (Å²) in [5.41, 5.74) is 4.19. The van der Waals surface area contributed by atoms with E-state index >= 15 is 0 Å². The van der Waals surface area contributed by atoms with Gasteiger partial charge in [0.2, 0.25) is 0 Å². The van der Waals surface area contributed by atoms with Crippen LogP contribution in [-0.4, -0.2) is 18.7 Å². The third-order valence-electron chi connectivity index (χ3n) is 5.56. The van der Waals surface area contributed by atoms with E-state index in [0.29, 0.717) is 12.2 Å². The first-order chi connectivity index (χ1) is 15.8. The highest BCUT2D eigenvalue weighted by Crippen LogP contribution is 2.27. The van der Waals surface area contributed by atoms with Crippen molar-refractivity contribution in [3.05, 3.63) is 90.0 Å². The van der Waals surface area contributed by atoms with E-state index in [1.54, 1.807) is 18.3 Å². The summed E-state index contributed by atoms with van der Waals surface area (Å²) in [6.45, 7) is 2.90. The van der Waals surface area contributed by atoms with Crippen molar-refractivity contribution < 1.29 is 9.53 Å². The third-order valence-corrected chi connectivity index (χ3v) is 5.56. The van der Waals surface area contributed by atoms with Crippen molar-refractivity contribution in [2.75, 3.05) is 6.61 Å². The molecule has 0 heterocycles. The molecule has 0 aliphatic heterocycles. The summed E-state index contributed by atoms with van der Waals surface area (Å²) in [4.78, 5) is 12.5. The van der Waals surface area contributed by atoms with Gasteiger partial charge in [-0.25, -0.2) is 5.43 Å². The number of ether oxygens (including phenoxy) is 1. The van der Waals surface area contributed by atoms with Gasteiger partial charge in [-0.05, 0) is 58.3 Å². The number of amides is 1. The molecule has 0 saturated heterocycles. The molecule has 0 fully saturated rings. The Balaban J connectivity index is 1.44. The van der Waals surface area contributed by atoms with Gasteiger partial charge >= 0.3 is 0 Å². The van der Waals surface area contributed by atoms with Gasteiger partial charge in [0.1, 0.15) is 5.75 Å². The largest absolute Gasteiger partial charge is 0.494 e. The lowest BCUT2D eigenvalue weighted by Crippen LogP contribution is -2.17. The Morgan fingerprint density at radius 3 is 2.19 bits per heavy atom. The quantitative estimate of drug-likeness (QED) is 0.140. The van der Waals surface area contributed by atoms with Crippen molar-refractivity contribution >= 4 is 33.7 Å². The van der Waals surface area contributed by atoms with Gasteiger partial charge in [0.05, 0.1) is 12.8 Å². The smallest absolute Gasteiger partial charge is 0.271 e. The highest BCUT2D eigenvalue weighted by Gasteiger charge is 2.07. The molecule has 1 N–H and O–H groups in total. The molecule has 162 valence electrons. The molecule has 0 spiro atoms. The first kappa shape index (κ1) is 21.6. The predicted molar refractivity (Wildman–Crippen MR) is 133 cm³/mol. The minimum atomic E-state index is -0.250. The van der Waals surface area contributed by atoms with Crippen LogP contribution in [0.1, 0.15) is 48.5 Å². The number of hydrogen-bond donors (Lipinski definition) is 1. The van der Waals surface area contributed by atoms with E-state index in [-0.39, 0.29) is 5.91 Å². The van der Waals surface area contributed by atoms with Crippen molar-refractivity contribution in [2.45, 2.75) is 32.6 Å². The molecule has 4 rings (SSSR count). The summed E-state index contributed by atoms with van der Waals surface area (Å²) in [6.07, 6.45) is 6.41. The molecule has 32 heavy (non-hydrogen) atoms. The topological polar surface area (TPSA) is 50.7 Å². The molecule has 4 nitrogen and oxygen atoms in total. The molecule has 1 amide bonds. The fourth-order valence-corrected chi connectivity index (χ4v) is 3.83. The Hall–Kier alpha value is -3.66. The van der Waals surface area contributed by atoms with Crippen molar-refractivity contribution in [1.82, 2.24) is 5.43 Å². The average molecular weight is 425 g/mol. The molecule has 0 aromatic heterocycles. The fourth-order valence-electron chi connectivity index (χ4n) is 3.83. The van der Waals surface area contributed by atoms with Gasteiger partial charge in [-0.1, -0.05) is 74.7 Å². The Kier molecular flexibility index (Phi) is 7.13. The maximum Gasteiger partial charge on any atom is 0.271 e. The standard InChI is InChI=1S/C28H28N2O2/c1-2-3-4-9-18-32-24-16-14-21(15-17-24)28(31)30-29-20-27-25-12-7-5-10-22(25)19-23-11-6-8-13-26(23)27/h5-8,10-17,19-20H,2-4,9,18H2,1H3,(H,30,31).